The van der Waals surface area contributed by atoms with E-state index in [1.807, 2.05) is 25.3 Å². The van der Waals surface area contributed by atoms with Gasteiger partial charge in [-0.1, -0.05) is 6.07 Å². The Bertz CT molecular complexity index is 592. The lowest BCUT2D eigenvalue weighted by Gasteiger charge is -2.22. The Morgan fingerprint density at radius 3 is 3.15 bits per heavy atom. The van der Waals surface area contributed by atoms with Gasteiger partial charge in [0, 0.05) is 12.4 Å². The molecule has 0 saturated carbocycles. The van der Waals surface area contributed by atoms with Gasteiger partial charge in [0.15, 0.2) is 0 Å². The number of aromatic nitrogens is 2. The monoisotopic (exact) mass is 272 g/mol. The number of aryl methyl sites for hydroxylation is 2. The van der Waals surface area contributed by atoms with Crippen molar-refractivity contribution in [3.05, 3.63) is 47.5 Å². The number of hydrogen-bond donors (Lipinski definition) is 1. The van der Waals surface area contributed by atoms with E-state index in [4.69, 9.17) is 4.74 Å². The Morgan fingerprint density at radius 2 is 2.35 bits per heavy atom. The van der Waals surface area contributed by atoms with E-state index in [1.54, 1.807) is 6.20 Å². The molecule has 0 bridgehead atoms. The van der Waals surface area contributed by atoms with E-state index in [0.29, 0.717) is 6.61 Å². The van der Waals surface area contributed by atoms with Gasteiger partial charge >= 0.3 is 0 Å². The fourth-order valence-corrected chi connectivity index (χ4v) is 2.74. The second-order valence-corrected chi connectivity index (χ2v) is 5.28. The van der Waals surface area contributed by atoms with Crippen LogP contribution in [0.2, 0.25) is 0 Å². The van der Waals surface area contributed by atoms with E-state index >= 15 is 0 Å². The standard InChI is InChI=1S/C16H20N2O2/c1-12-17-7-8-18(12)9-10-20-14-6-5-13-3-2-4-16(19)15(13)11-14/h5-8,11,16,19H,2-4,9-10H2,1H3/t16-/m0/s1. The highest BCUT2D eigenvalue weighted by Crippen LogP contribution is 2.32. The Morgan fingerprint density at radius 1 is 1.45 bits per heavy atom. The van der Waals surface area contributed by atoms with Gasteiger partial charge in [-0.15, -0.1) is 0 Å². The van der Waals surface area contributed by atoms with Crippen molar-refractivity contribution >= 4 is 0 Å². The van der Waals surface area contributed by atoms with Crippen LogP contribution in [-0.2, 0) is 13.0 Å². The Kier molecular flexibility index (Phi) is 3.74. The van der Waals surface area contributed by atoms with Crippen LogP contribution in [0.5, 0.6) is 5.75 Å². The van der Waals surface area contributed by atoms with E-state index in [9.17, 15) is 5.11 Å². The van der Waals surface area contributed by atoms with Gasteiger partial charge in [-0.05, 0) is 49.4 Å². The van der Waals surface area contributed by atoms with Crippen molar-refractivity contribution in [1.29, 1.82) is 0 Å². The maximum atomic E-state index is 10.0. The van der Waals surface area contributed by atoms with Crippen LogP contribution in [0.4, 0.5) is 0 Å². The fourth-order valence-electron chi connectivity index (χ4n) is 2.74. The van der Waals surface area contributed by atoms with E-state index in [-0.39, 0.29) is 6.10 Å². The van der Waals surface area contributed by atoms with Crippen LogP contribution < -0.4 is 4.74 Å². The minimum atomic E-state index is -0.335. The summed E-state index contributed by atoms with van der Waals surface area (Å²) in [5.74, 6) is 1.83. The topological polar surface area (TPSA) is 47.3 Å². The zero-order valence-electron chi connectivity index (χ0n) is 11.7. The second-order valence-electron chi connectivity index (χ2n) is 5.28. The van der Waals surface area contributed by atoms with Crippen LogP contribution in [0.3, 0.4) is 0 Å². The predicted octanol–water partition coefficient (Wildman–Crippen LogP) is 2.64. The SMILES string of the molecule is Cc1nccn1CCOc1ccc2c(c1)[C@@H](O)CCC2. The first-order chi connectivity index (χ1) is 9.74. The summed E-state index contributed by atoms with van der Waals surface area (Å²) in [7, 11) is 0. The van der Waals surface area contributed by atoms with E-state index < -0.39 is 0 Å². The maximum Gasteiger partial charge on any atom is 0.119 e. The molecular formula is C16H20N2O2. The largest absolute Gasteiger partial charge is 0.492 e. The molecule has 1 atom stereocenters. The van der Waals surface area contributed by atoms with E-state index in [1.165, 1.54) is 5.56 Å². The molecule has 3 rings (SSSR count). The van der Waals surface area contributed by atoms with Crippen LogP contribution in [0.25, 0.3) is 0 Å². The molecule has 4 heteroatoms. The molecule has 1 aliphatic rings. The van der Waals surface area contributed by atoms with Gasteiger partial charge in [0.25, 0.3) is 0 Å². The van der Waals surface area contributed by atoms with Crippen LogP contribution in [-0.4, -0.2) is 21.3 Å². The van der Waals surface area contributed by atoms with Gasteiger partial charge in [-0.25, -0.2) is 4.98 Å². The molecule has 1 aromatic carbocycles. The highest BCUT2D eigenvalue weighted by atomic mass is 16.5. The minimum Gasteiger partial charge on any atom is -0.492 e. The number of benzene rings is 1. The van der Waals surface area contributed by atoms with Crippen molar-refractivity contribution in [1.82, 2.24) is 9.55 Å². The third-order valence-corrected chi connectivity index (χ3v) is 3.92. The van der Waals surface area contributed by atoms with Gasteiger partial charge < -0.3 is 14.4 Å². The van der Waals surface area contributed by atoms with Gasteiger partial charge in [-0.2, -0.15) is 0 Å². The molecule has 1 N–H and O–H groups in total. The molecule has 1 aliphatic carbocycles. The van der Waals surface area contributed by atoms with Gasteiger partial charge in [0.05, 0.1) is 12.6 Å². The van der Waals surface area contributed by atoms with Crippen molar-refractivity contribution in [3.63, 3.8) is 0 Å². The quantitative estimate of drug-likeness (QED) is 0.930. The lowest BCUT2D eigenvalue weighted by atomic mass is 9.89. The number of nitrogens with zero attached hydrogens (tertiary/aromatic N) is 2. The molecule has 20 heavy (non-hydrogen) atoms. The molecule has 0 amide bonds. The summed E-state index contributed by atoms with van der Waals surface area (Å²) in [6.07, 6.45) is 6.39. The lowest BCUT2D eigenvalue weighted by Crippen LogP contribution is -2.11. The maximum absolute atomic E-state index is 10.0. The van der Waals surface area contributed by atoms with Crippen molar-refractivity contribution in [2.45, 2.75) is 38.8 Å². The number of imidazole rings is 1. The first-order valence-corrected chi connectivity index (χ1v) is 7.15. The van der Waals surface area contributed by atoms with Crippen molar-refractivity contribution in [3.8, 4) is 5.75 Å². The first-order valence-electron chi connectivity index (χ1n) is 7.15. The average Bonchev–Trinajstić information content (AvgIpc) is 2.85. The summed E-state index contributed by atoms with van der Waals surface area (Å²) in [5.41, 5.74) is 2.29. The summed E-state index contributed by atoms with van der Waals surface area (Å²) < 4.78 is 7.85. The molecule has 0 saturated heterocycles. The Hall–Kier alpha value is -1.81. The molecule has 2 aromatic rings. The molecule has 1 heterocycles. The highest BCUT2D eigenvalue weighted by molar-refractivity contribution is 5.38. The van der Waals surface area contributed by atoms with Crippen molar-refractivity contribution in [2.24, 2.45) is 0 Å². The zero-order valence-corrected chi connectivity index (χ0v) is 11.7. The first kappa shape index (κ1) is 13.2. The highest BCUT2D eigenvalue weighted by Gasteiger charge is 2.18. The van der Waals surface area contributed by atoms with Gasteiger partial charge in [0.1, 0.15) is 18.2 Å². The molecule has 0 radical (unpaired) electrons. The Balaban J connectivity index is 1.63. The van der Waals surface area contributed by atoms with Crippen molar-refractivity contribution in [2.75, 3.05) is 6.61 Å². The van der Waals surface area contributed by atoms with Crippen LogP contribution in [0.15, 0.2) is 30.6 Å². The molecule has 106 valence electrons. The number of aliphatic hydroxyl groups excluding tert-OH is 1. The summed E-state index contributed by atoms with van der Waals surface area (Å²) in [5, 5.41) is 10.0. The number of rotatable bonds is 4. The van der Waals surface area contributed by atoms with E-state index in [0.717, 1.165) is 42.9 Å². The fraction of sp³-hybridized carbons (Fsp3) is 0.438. The molecular weight excluding hydrogens is 252 g/mol. The number of fused-ring (bicyclic) bond motifs is 1. The summed E-state index contributed by atoms with van der Waals surface area (Å²) in [4.78, 5) is 4.18. The van der Waals surface area contributed by atoms with Crippen LogP contribution in [0.1, 0.15) is 35.9 Å². The smallest absolute Gasteiger partial charge is 0.119 e. The predicted molar refractivity (Wildman–Crippen MR) is 76.8 cm³/mol. The van der Waals surface area contributed by atoms with Crippen LogP contribution >= 0.6 is 0 Å². The molecule has 0 unspecified atom stereocenters. The molecule has 0 fully saturated rings. The molecule has 0 aliphatic heterocycles. The van der Waals surface area contributed by atoms with E-state index in [2.05, 4.69) is 15.6 Å². The summed E-state index contributed by atoms with van der Waals surface area (Å²) in [6, 6.07) is 6.06. The lowest BCUT2D eigenvalue weighted by molar-refractivity contribution is 0.156. The number of ether oxygens (including phenoxy) is 1. The minimum absolute atomic E-state index is 0.335. The second kappa shape index (κ2) is 5.67. The molecule has 4 nitrogen and oxygen atoms in total. The molecule has 0 spiro atoms. The number of hydrogen-bond acceptors (Lipinski definition) is 3. The average molecular weight is 272 g/mol. The molecule has 1 aromatic heterocycles. The van der Waals surface area contributed by atoms with Gasteiger partial charge in [-0.3, -0.25) is 0 Å². The Labute approximate surface area is 119 Å². The van der Waals surface area contributed by atoms with Gasteiger partial charge in [0.2, 0.25) is 0 Å². The number of aliphatic hydroxyl groups is 1. The summed E-state index contributed by atoms with van der Waals surface area (Å²) >= 11 is 0. The summed E-state index contributed by atoms with van der Waals surface area (Å²) in [6.45, 7) is 3.37. The van der Waals surface area contributed by atoms with Crippen molar-refractivity contribution < 1.29 is 9.84 Å². The van der Waals surface area contributed by atoms with Crippen LogP contribution in [0, 0.1) is 6.92 Å². The normalized spacial score (nSPS) is 17.8. The zero-order chi connectivity index (χ0) is 13.9. The third-order valence-electron chi connectivity index (χ3n) is 3.92. The third kappa shape index (κ3) is 2.70.